The maximum Gasteiger partial charge on any atom is 0.343 e. The smallest absolute Gasteiger partial charge is 0.343 e. The Morgan fingerprint density at radius 1 is 0.897 bits per heavy atom. The molecule has 1 heterocycles. The molecule has 0 atom stereocenters. The van der Waals surface area contributed by atoms with Gasteiger partial charge in [-0.3, -0.25) is 4.79 Å². The van der Waals surface area contributed by atoms with E-state index >= 15 is 0 Å². The number of carbonyl (C=O) groups excluding carboxylic acids is 1. The van der Waals surface area contributed by atoms with Crippen LogP contribution in [-0.2, 0) is 6.42 Å². The van der Waals surface area contributed by atoms with Crippen molar-refractivity contribution in [3.63, 3.8) is 0 Å². The summed E-state index contributed by atoms with van der Waals surface area (Å²) in [5.41, 5.74) is -0.717. The standard InChI is InChI=1S/C21H18O8/c1-9-5-12(10(2)22)20(27)14(19(9)26)7-13-16(24)8-18(29-21(13)28)11-3-4-15(23)17(25)6-11/h3-6,8,23-27H,7H2,1-2H3. The predicted molar refractivity (Wildman–Crippen MR) is 103 cm³/mol. The van der Waals surface area contributed by atoms with E-state index in [1.807, 2.05) is 0 Å². The molecule has 8 nitrogen and oxygen atoms in total. The van der Waals surface area contributed by atoms with Gasteiger partial charge in [0.15, 0.2) is 17.3 Å². The third-order valence-corrected chi connectivity index (χ3v) is 4.58. The summed E-state index contributed by atoms with van der Waals surface area (Å²) in [6, 6.07) is 6.20. The Morgan fingerprint density at radius 2 is 1.59 bits per heavy atom. The maximum atomic E-state index is 12.4. The van der Waals surface area contributed by atoms with E-state index in [2.05, 4.69) is 0 Å². The van der Waals surface area contributed by atoms with Crippen molar-refractivity contribution in [3.8, 4) is 40.1 Å². The van der Waals surface area contributed by atoms with Crippen LogP contribution in [0, 0.1) is 6.92 Å². The highest BCUT2D eigenvalue weighted by Crippen LogP contribution is 2.37. The van der Waals surface area contributed by atoms with Crippen molar-refractivity contribution in [1.82, 2.24) is 0 Å². The van der Waals surface area contributed by atoms with Crippen LogP contribution in [0.25, 0.3) is 11.3 Å². The van der Waals surface area contributed by atoms with E-state index in [1.54, 1.807) is 0 Å². The van der Waals surface area contributed by atoms with Crippen LogP contribution >= 0.6 is 0 Å². The molecular weight excluding hydrogens is 380 g/mol. The van der Waals surface area contributed by atoms with Gasteiger partial charge in [-0.1, -0.05) is 0 Å². The van der Waals surface area contributed by atoms with Crippen molar-refractivity contribution in [3.05, 3.63) is 63.0 Å². The summed E-state index contributed by atoms with van der Waals surface area (Å²) in [6.45, 7) is 2.79. The largest absolute Gasteiger partial charge is 0.507 e. The van der Waals surface area contributed by atoms with Gasteiger partial charge in [-0.2, -0.15) is 0 Å². The summed E-state index contributed by atoms with van der Waals surface area (Å²) in [7, 11) is 0. The summed E-state index contributed by atoms with van der Waals surface area (Å²) >= 11 is 0. The zero-order chi connectivity index (χ0) is 21.5. The number of phenols is 4. The Hall–Kier alpha value is -3.94. The normalized spacial score (nSPS) is 10.8. The average molecular weight is 398 g/mol. The summed E-state index contributed by atoms with van der Waals surface area (Å²) in [4.78, 5) is 24.2. The van der Waals surface area contributed by atoms with Crippen LogP contribution in [0.15, 0.2) is 39.5 Å². The molecule has 1 aromatic heterocycles. The Bertz CT molecular complexity index is 1190. The van der Waals surface area contributed by atoms with Crippen molar-refractivity contribution in [1.29, 1.82) is 0 Å². The molecule has 0 bridgehead atoms. The Labute approximate surface area is 164 Å². The lowest BCUT2D eigenvalue weighted by molar-refractivity contribution is 0.101. The highest BCUT2D eigenvalue weighted by atomic mass is 16.4. The minimum Gasteiger partial charge on any atom is -0.507 e. The van der Waals surface area contributed by atoms with E-state index in [9.17, 15) is 35.1 Å². The molecule has 0 saturated heterocycles. The number of rotatable bonds is 4. The van der Waals surface area contributed by atoms with Crippen molar-refractivity contribution in [2.75, 3.05) is 0 Å². The molecule has 29 heavy (non-hydrogen) atoms. The quantitative estimate of drug-likeness (QED) is 0.333. The number of carbonyl (C=O) groups is 1. The van der Waals surface area contributed by atoms with E-state index in [0.717, 1.165) is 12.1 Å². The van der Waals surface area contributed by atoms with Crippen LogP contribution in [0.2, 0.25) is 0 Å². The fourth-order valence-electron chi connectivity index (χ4n) is 2.97. The molecule has 8 heteroatoms. The van der Waals surface area contributed by atoms with E-state index in [4.69, 9.17) is 4.42 Å². The number of benzene rings is 2. The van der Waals surface area contributed by atoms with Gasteiger partial charge >= 0.3 is 5.63 Å². The topological polar surface area (TPSA) is 148 Å². The molecule has 5 N–H and O–H groups in total. The van der Waals surface area contributed by atoms with Crippen molar-refractivity contribution in [2.45, 2.75) is 20.3 Å². The van der Waals surface area contributed by atoms with E-state index in [0.29, 0.717) is 5.56 Å². The second kappa shape index (κ2) is 7.23. The molecule has 0 aliphatic heterocycles. The fraction of sp³-hybridized carbons (Fsp3) is 0.143. The average Bonchev–Trinajstić information content (AvgIpc) is 2.65. The number of aryl methyl sites for hydroxylation is 1. The Balaban J connectivity index is 2.09. The third-order valence-electron chi connectivity index (χ3n) is 4.58. The van der Waals surface area contributed by atoms with Crippen LogP contribution in [0.4, 0.5) is 0 Å². The number of phenolic OH excluding ortho intramolecular Hbond substituents is 4. The first-order valence-corrected chi connectivity index (χ1v) is 8.53. The molecule has 3 aromatic rings. The van der Waals surface area contributed by atoms with E-state index < -0.39 is 28.7 Å². The van der Waals surface area contributed by atoms with Gasteiger partial charge in [-0.25, -0.2) is 4.79 Å². The molecule has 3 rings (SSSR count). The molecule has 0 fully saturated rings. The molecule has 0 aliphatic carbocycles. The summed E-state index contributed by atoms with van der Waals surface area (Å²) in [5.74, 6) is -2.53. The van der Waals surface area contributed by atoms with Gasteiger partial charge in [0.25, 0.3) is 0 Å². The molecule has 0 aliphatic rings. The van der Waals surface area contributed by atoms with E-state index in [1.165, 1.54) is 32.0 Å². The number of hydrogen-bond acceptors (Lipinski definition) is 8. The second-order valence-corrected chi connectivity index (χ2v) is 6.62. The molecule has 0 radical (unpaired) electrons. The molecule has 0 saturated carbocycles. The maximum absolute atomic E-state index is 12.4. The lowest BCUT2D eigenvalue weighted by Crippen LogP contribution is -2.10. The predicted octanol–water partition coefficient (Wildman–Crippen LogP) is 2.94. The van der Waals surface area contributed by atoms with Gasteiger partial charge < -0.3 is 29.9 Å². The van der Waals surface area contributed by atoms with Gasteiger partial charge in [0, 0.05) is 23.6 Å². The van der Waals surface area contributed by atoms with Crippen LogP contribution in [0.5, 0.6) is 28.7 Å². The third kappa shape index (κ3) is 3.60. The zero-order valence-corrected chi connectivity index (χ0v) is 15.6. The van der Waals surface area contributed by atoms with Crippen molar-refractivity contribution >= 4 is 5.78 Å². The first-order chi connectivity index (χ1) is 13.6. The molecule has 0 amide bonds. The van der Waals surface area contributed by atoms with Crippen molar-refractivity contribution in [2.24, 2.45) is 0 Å². The molecular formula is C21H18O8. The highest BCUT2D eigenvalue weighted by Gasteiger charge is 2.22. The van der Waals surface area contributed by atoms with Crippen molar-refractivity contribution < 1.29 is 34.7 Å². The van der Waals surface area contributed by atoms with Crippen LogP contribution in [0.1, 0.15) is 34.0 Å². The summed E-state index contributed by atoms with van der Waals surface area (Å²) < 4.78 is 5.19. The van der Waals surface area contributed by atoms with Gasteiger partial charge in [0.1, 0.15) is 23.0 Å². The van der Waals surface area contributed by atoms with Crippen LogP contribution in [0.3, 0.4) is 0 Å². The molecule has 2 aromatic carbocycles. The highest BCUT2D eigenvalue weighted by molar-refractivity contribution is 5.97. The first kappa shape index (κ1) is 19.8. The first-order valence-electron chi connectivity index (χ1n) is 8.53. The van der Waals surface area contributed by atoms with Gasteiger partial charge in [-0.05, 0) is 43.7 Å². The number of Topliss-reactive ketones (excluding diaryl/α,β-unsaturated/α-hetero) is 1. The zero-order valence-electron chi connectivity index (χ0n) is 15.6. The summed E-state index contributed by atoms with van der Waals surface area (Å²) in [6.07, 6.45) is -0.380. The van der Waals surface area contributed by atoms with Crippen LogP contribution in [-0.4, -0.2) is 31.3 Å². The number of aromatic hydroxyl groups is 5. The van der Waals surface area contributed by atoms with Gasteiger partial charge in [0.05, 0.1) is 11.1 Å². The molecule has 0 spiro atoms. The fourth-order valence-corrected chi connectivity index (χ4v) is 2.97. The lowest BCUT2D eigenvalue weighted by Gasteiger charge is -2.13. The Kier molecular flexibility index (Phi) is 4.94. The second-order valence-electron chi connectivity index (χ2n) is 6.62. The SMILES string of the molecule is CC(=O)c1cc(C)c(O)c(Cc2c(O)cc(-c3ccc(O)c(O)c3)oc2=O)c1O. The van der Waals surface area contributed by atoms with E-state index in [-0.39, 0.29) is 45.9 Å². The molecule has 0 unspecified atom stereocenters. The number of ketones is 1. The minimum absolute atomic E-state index is 0.0182. The van der Waals surface area contributed by atoms with Gasteiger partial charge in [0.2, 0.25) is 0 Å². The van der Waals surface area contributed by atoms with Crippen LogP contribution < -0.4 is 5.63 Å². The Morgan fingerprint density at radius 3 is 2.17 bits per heavy atom. The summed E-state index contributed by atoms with van der Waals surface area (Å²) in [5, 5.41) is 49.9. The lowest BCUT2D eigenvalue weighted by atomic mass is 9.96. The monoisotopic (exact) mass is 398 g/mol. The molecule has 150 valence electrons. The minimum atomic E-state index is -0.933. The van der Waals surface area contributed by atoms with Gasteiger partial charge in [-0.15, -0.1) is 0 Å². The number of hydrogen-bond donors (Lipinski definition) is 5.